The Labute approximate surface area is 139 Å². The summed E-state index contributed by atoms with van der Waals surface area (Å²) in [6, 6.07) is 5.83. The number of fused-ring (bicyclic) bond motifs is 1. The Kier molecular flexibility index (Phi) is 3.53. The highest BCUT2D eigenvalue weighted by molar-refractivity contribution is 5.86. The number of hydrogen-bond donors (Lipinski definition) is 2. The normalized spacial score (nSPS) is 20.8. The van der Waals surface area contributed by atoms with Crippen molar-refractivity contribution in [3.63, 3.8) is 0 Å². The highest BCUT2D eigenvalue weighted by Gasteiger charge is 2.33. The monoisotopic (exact) mass is 325 g/mol. The number of anilines is 2. The first-order chi connectivity index (χ1) is 11.6. The molecule has 24 heavy (non-hydrogen) atoms. The van der Waals surface area contributed by atoms with Crippen LogP contribution in [0.5, 0.6) is 0 Å². The maximum Gasteiger partial charge on any atom is 0.229 e. The van der Waals surface area contributed by atoms with E-state index in [1.54, 1.807) is 17.1 Å². The van der Waals surface area contributed by atoms with Gasteiger partial charge in [-0.05, 0) is 18.6 Å². The van der Waals surface area contributed by atoms with Gasteiger partial charge in [-0.3, -0.25) is 9.67 Å². The Hall–Kier alpha value is -2.74. The minimum atomic E-state index is -0.445. The fourth-order valence-electron chi connectivity index (χ4n) is 3.18. The Morgan fingerprint density at radius 1 is 1.29 bits per heavy atom. The number of nitrogens with zero attached hydrogens (tertiary/aromatic N) is 6. The van der Waals surface area contributed by atoms with Crippen molar-refractivity contribution in [2.24, 2.45) is 13.0 Å². The Morgan fingerprint density at radius 3 is 2.96 bits per heavy atom. The number of aliphatic hydroxyl groups excluding tert-OH is 1. The molecule has 1 saturated heterocycles. The molecule has 1 fully saturated rings. The SMILES string of the molecule is Cn1ncc2c(N)nc(N3C[C@@H](Cc4ccccn4)[C@H](O)C3)nc21. The molecule has 0 aliphatic carbocycles. The van der Waals surface area contributed by atoms with Crippen LogP contribution in [0.4, 0.5) is 11.8 Å². The number of aliphatic hydroxyl groups is 1. The van der Waals surface area contributed by atoms with Crippen molar-refractivity contribution in [2.75, 3.05) is 23.7 Å². The third-order valence-electron chi connectivity index (χ3n) is 4.50. The van der Waals surface area contributed by atoms with Crippen LogP contribution in [-0.4, -0.2) is 49.0 Å². The molecule has 0 radical (unpaired) electrons. The zero-order valence-corrected chi connectivity index (χ0v) is 13.4. The van der Waals surface area contributed by atoms with E-state index in [2.05, 4.69) is 20.1 Å². The first kappa shape index (κ1) is 14.8. The van der Waals surface area contributed by atoms with Crippen molar-refractivity contribution in [3.8, 4) is 0 Å². The predicted octanol–water partition coefficient (Wildman–Crippen LogP) is 0.380. The number of nitrogen functional groups attached to an aromatic ring is 1. The van der Waals surface area contributed by atoms with E-state index >= 15 is 0 Å². The summed E-state index contributed by atoms with van der Waals surface area (Å²) in [5.74, 6) is 1.03. The Bertz CT molecular complexity index is 863. The van der Waals surface area contributed by atoms with Crippen LogP contribution in [0.2, 0.25) is 0 Å². The average molecular weight is 325 g/mol. The summed E-state index contributed by atoms with van der Waals surface area (Å²) < 4.78 is 1.68. The van der Waals surface area contributed by atoms with Gasteiger partial charge in [-0.15, -0.1) is 0 Å². The number of hydrogen-bond acceptors (Lipinski definition) is 7. The van der Waals surface area contributed by atoms with Gasteiger partial charge in [-0.1, -0.05) is 6.07 Å². The third-order valence-corrected chi connectivity index (χ3v) is 4.50. The molecule has 0 unspecified atom stereocenters. The molecule has 0 bridgehead atoms. The molecule has 8 heteroatoms. The summed E-state index contributed by atoms with van der Waals surface area (Å²) in [7, 11) is 1.82. The first-order valence-electron chi connectivity index (χ1n) is 7.90. The number of pyridine rings is 1. The summed E-state index contributed by atoms with van der Waals surface area (Å²) in [4.78, 5) is 15.3. The second kappa shape index (κ2) is 5.72. The van der Waals surface area contributed by atoms with Crippen molar-refractivity contribution in [3.05, 3.63) is 36.3 Å². The molecule has 0 aromatic carbocycles. The van der Waals surface area contributed by atoms with E-state index in [-0.39, 0.29) is 5.92 Å². The van der Waals surface area contributed by atoms with Crippen LogP contribution >= 0.6 is 0 Å². The lowest BCUT2D eigenvalue weighted by Crippen LogP contribution is -2.24. The third kappa shape index (κ3) is 2.54. The number of aryl methyl sites for hydroxylation is 1. The van der Waals surface area contributed by atoms with Crippen molar-refractivity contribution in [1.82, 2.24) is 24.7 Å². The standard InChI is InChI=1S/C16H19N7O/c1-22-15-12(7-19-22)14(17)20-16(21-15)23-8-10(13(24)9-23)6-11-4-2-3-5-18-11/h2-5,7,10,13,24H,6,8-9H2,1H3,(H2,17,20,21)/t10-,13-/m1/s1. The molecular weight excluding hydrogens is 306 g/mol. The lowest BCUT2D eigenvalue weighted by atomic mass is 10.00. The lowest BCUT2D eigenvalue weighted by molar-refractivity contribution is 0.148. The van der Waals surface area contributed by atoms with Crippen LogP contribution in [0.15, 0.2) is 30.6 Å². The van der Waals surface area contributed by atoms with Crippen LogP contribution in [0, 0.1) is 5.92 Å². The molecule has 0 spiro atoms. The zero-order valence-electron chi connectivity index (χ0n) is 13.4. The van der Waals surface area contributed by atoms with Crippen molar-refractivity contribution in [2.45, 2.75) is 12.5 Å². The molecule has 0 saturated carbocycles. The van der Waals surface area contributed by atoms with Gasteiger partial charge in [0.2, 0.25) is 5.95 Å². The molecule has 124 valence electrons. The quantitative estimate of drug-likeness (QED) is 0.717. The van der Waals surface area contributed by atoms with Gasteiger partial charge < -0.3 is 15.7 Å². The van der Waals surface area contributed by atoms with Crippen LogP contribution in [0.1, 0.15) is 5.69 Å². The van der Waals surface area contributed by atoms with E-state index in [1.807, 2.05) is 30.1 Å². The van der Waals surface area contributed by atoms with Crippen LogP contribution in [-0.2, 0) is 13.5 Å². The van der Waals surface area contributed by atoms with E-state index in [4.69, 9.17) is 5.73 Å². The lowest BCUT2D eigenvalue weighted by Gasteiger charge is -2.16. The number of nitrogens with two attached hydrogens (primary N) is 1. The van der Waals surface area contributed by atoms with Gasteiger partial charge in [0.05, 0.1) is 17.7 Å². The molecule has 2 atom stereocenters. The average Bonchev–Trinajstić information content (AvgIpc) is 3.13. The van der Waals surface area contributed by atoms with Crippen LogP contribution < -0.4 is 10.6 Å². The molecule has 3 N–H and O–H groups in total. The molecule has 3 aromatic heterocycles. The molecule has 8 nitrogen and oxygen atoms in total. The second-order valence-electron chi connectivity index (χ2n) is 6.17. The number of β-amino-alcohol motifs (C(OH)–C–C–N with tert-alkyl or cyclic N) is 1. The minimum Gasteiger partial charge on any atom is -0.391 e. The van der Waals surface area contributed by atoms with Gasteiger partial charge in [-0.2, -0.15) is 15.1 Å². The highest BCUT2D eigenvalue weighted by Crippen LogP contribution is 2.27. The molecule has 4 heterocycles. The Balaban J connectivity index is 1.58. The van der Waals surface area contributed by atoms with Gasteiger partial charge in [-0.25, -0.2) is 0 Å². The molecule has 4 rings (SSSR count). The molecule has 1 aliphatic heterocycles. The van der Waals surface area contributed by atoms with E-state index in [1.165, 1.54) is 0 Å². The maximum atomic E-state index is 10.4. The summed E-state index contributed by atoms with van der Waals surface area (Å²) in [6.45, 7) is 1.15. The fraction of sp³-hybridized carbons (Fsp3) is 0.375. The van der Waals surface area contributed by atoms with Gasteiger partial charge in [0.15, 0.2) is 5.65 Å². The Morgan fingerprint density at radius 2 is 2.17 bits per heavy atom. The van der Waals surface area contributed by atoms with Crippen molar-refractivity contribution in [1.29, 1.82) is 0 Å². The van der Waals surface area contributed by atoms with Gasteiger partial charge in [0.1, 0.15) is 5.82 Å². The molecule has 3 aromatic rings. The fourth-order valence-corrected chi connectivity index (χ4v) is 3.18. The van der Waals surface area contributed by atoms with E-state index in [9.17, 15) is 5.11 Å². The van der Waals surface area contributed by atoms with E-state index < -0.39 is 6.10 Å². The van der Waals surface area contributed by atoms with Crippen molar-refractivity contribution < 1.29 is 5.11 Å². The highest BCUT2D eigenvalue weighted by atomic mass is 16.3. The summed E-state index contributed by atoms with van der Waals surface area (Å²) in [6.07, 6.45) is 3.72. The zero-order chi connectivity index (χ0) is 16.7. The maximum absolute atomic E-state index is 10.4. The molecule has 1 aliphatic rings. The van der Waals surface area contributed by atoms with Crippen LogP contribution in [0.3, 0.4) is 0 Å². The van der Waals surface area contributed by atoms with E-state index in [0.29, 0.717) is 30.5 Å². The first-order valence-corrected chi connectivity index (χ1v) is 7.90. The summed E-state index contributed by atoms with van der Waals surface area (Å²) in [5, 5.41) is 15.3. The van der Waals surface area contributed by atoms with Crippen LogP contribution in [0.25, 0.3) is 11.0 Å². The van der Waals surface area contributed by atoms with E-state index in [0.717, 1.165) is 17.5 Å². The molecular formula is C16H19N7O. The predicted molar refractivity (Wildman–Crippen MR) is 90.4 cm³/mol. The number of rotatable bonds is 3. The summed E-state index contributed by atoms with van der Waals surface area (Å²) in [5.41, 5.74) is 7.70. The van der Waals surface area contributed by atoms with Gasteiger partial charge in [0, 0.05) is 37.9 Å². The van der Waals surface area contributed by atoms with Gasteiger partial charge in [0.25, 0.3) is 0 Å². The second-order valence-corrected chi connectivity index (χ2v) is 6.17. The minimum absolute atomic E-state index is 0.0898. The van der Waals surface area contributed by atoms with Gasteiger partial charge >= 0.3 is 0 Å². The smallest absolute Gasteiger partial charge is 0.229 e. The number of aromatic nitrogens is 5. The van der Waals surface area contributed by atoms with Crippen molar-refractivity contribution >= 4 is 22.8 Å². The largest absolute Gasteiger partial charge is 0.391 e. The molecule has 0 amide bonds. The summed E-state index contributed by atoms with van der Waals surface area (Å²) >= 11 is 0. The topological polar surface area (TPSA) is 106 Å².